The van der Waals surface area contributed by atoms with E-state index in [2.05, 4.69) is 17.6 Å². The van der Waals surface area contributed by atoms with Gasteiger partial charge in [-0.1, -0.05) is 6.92 Å². The Balaban J connectivity index is 2.00. The Morgan fingerprint density at radius 3 is 2.80 bits per heavy atom. The first kappa shape index (κ1) is 14.8. The van der Waals surface area contributed by atoms with E-state index in [1.807, 2.05) is 0 Å². The summed E-state index contributed by atoms with van der Waals surface area (Å²) in [5, 5.41) is 5.80. The SMILES string of the molecule is CC1CCNCC1CNC(=O)c1ccc(F)c(F)c1F. The lowest BCUT2D eigenvalue weighted by molar-refractivity contribution is 0.0933. The smallest absolute Gasteiger partial charge is 0.254 e. The summed E-state index contributed by atoms with van der Waals surface area (Å²) >= 11 is 0. The molecule has 2 unspecified atom stereocenters. The fraction of sp³-hybridized carbons (Fsp3) is 0.500. The molecule has 1 heterocycles. The van der Waals surface area contributed by atoms with Gasteiger partial charge in [-0.15, -0.1) is 0 Å². The van der Waals surface area contributed by atoms with Gasteiger partial charge in [0.1, 0.15) is 0 Å². The van der Waals surface area contributed by atoms with Gasteiger partial charge < -0.3 is 10.6 Å². The number of benzene rings is 1. The van der Waals surface area contributed by atoms with Gasteiger partial charge in [0, 0.05) is 6.54 Å². The van der Waals surface area contributed by atoms with Crippen molar-refractivity contribution in [3.63, 3.8) is 0 Å². The Hall–Kier alpha value is -1.56. The van der Waals surface area contributed by atoms with Gasteiger partial charge in [-0.25, -0.2) is 13.2 Å². The number of hydrogen-bond acceptors (Lipinski definition) is 2. The van der Waals surface area contributed by atoms with Gasteiger partial charge >= 0.3 is 0 Å². The van der Waals surface area contributed by atoms with Crippen LogP contribution in [0.5, 0.6) is 0 Å². The molecule has 0 saturated carbocycles. The summed E-state index contributed by atoms with van der Waals surface area (Å²) in [6.07, 6.45) is 1.01. The third-order valence-corrected chi connectivity index (χ3v) is 3.79. The van der Waals surface area contributed by atoms with Crippen molar-refractivity contribution in [1.82, 2.24) is 10.6 Å². The molecule has 0 bridgehead atoms. The molecule has 6 heteroatoms. The first-order valence-corrected chi connectivity index (χ1v) is 6.63. The number of carbonyl (C=O) groups is 1. The monoisotopic (exact) mass is 286 g/mol. The second-order valence-corrected chi connectivity index (χ2v) is 5.16. The lowest BCUT2D eigenvalue weighted by Gasteiger charge is -2.29. The van der Waals surface area contributed by atoms with Crippen LogP contribution in [0.2, 0.25) is 0 Å². The lowest BCUT2D eigenvalue weighted by Crippen LogP contribution is -2.42. The Bertz CT molecular complexity index is 507. The van der Waals surface area contributed by atoms with Gasteiger partial charge in [0.05, 0.1) is 5.56 Å². The molecule has 2 N–H and O–H groups in total. The zero-order valence-electron chi connectivity index (χ0n) is 11.2. The number of carbonyl (C=O) groups excluding carboxylic acids is 1. The maximum absolute atomic E-state index is 13.5. The van der Waals surface area contributed by atoms with Crippen LogP contribution in [-0.4, -0.2) is 25.5 Å². The molecule has 2 rings (SSSR count). The lowest BCUT2D eigenvalue weighted by atomic mass is 9.88. The average Bonchev–Trinajstić information content (AvgIpc) is 2.44. The van der Waals surface area contributed by atoms with Crippen LogP contribution >= 0.6 is 0 Å². The van der Waals surface area contributed by atoms with Gasteiger partial charge in [0.15, 0.2) is 17.5 Å². The average molecular weight is 286 g/mol. The summed E-state index contributed by atoms with van der Waals surface area (Å²) in [6.45, 7) is 4.20. The Morgan fingerprint density at radius 1 is 1.35 bits per heavy atom. The highest BCUT2D eigenvalue weighted by Gasteiger charge is 2.23. The number of halogens is 3. The second-order valence-electron chi connectivity index (χ2n) is 5.16. The molecule has 1 aromatic carbocycles. The molecule has 1 fully saturated rings. The van der Waals surface area contributed by atoms with Crippen LogP contribution in [0.4, 0.5) is 13.2 Å². The van der Waals surface area contributed by atoms with E-state index in [1.54, 1.807) is 0 Å². The highest BCUT2D eigenvalue weighted by Crippen LogP contribution is 2.18. The quantitative estimate of drug-likeness (QED) is 0.835. The van der Waals surface area contributed by atoms with E-state index in [0.29, 0.717) is 12.5 Å². The van der Waals surface area contributed by atoms with Gasteiger partial charge in [-0.05, 0) is 43.5 Å². The van der Waals surface area contributed by atoms with Crippen molar-refractivity contribution in [3.8, 4) is 0 Å². The summed E-state index contributed by atoms with van der Waals surface area (Å²) in [7, 11) is 0. The number of piperidine rings is 1. The predicted octanol–water partition coefficient (Wildman–Crippen LogP) is 2.08. The molecule has 1 aliphatic heterocycles. The van der Waals surface area contributed by atoms with Gasteiger partial charge in [-0.2, -0.15) is 0 Å². The third-order valence-electron chi connectivity index (χ3n) is 3.79. The molecule has 3 nitrogen and oxygen atoms in total. The van der Waals surface area contributed by atoms with Crippen LogP contribution in [-0.2, 0) is 0 Å². The Kier molecular flexibility index (Phi) is 4.65. The highest BCUT2D eigenvalue weighted by atomic mass is 19.2. The fourth-order valence-corrected chi connectivity index (χ4v) is 2.35. The third kappa shape index (κ3) is 3.12. The largest absolute Gasteiger partial charge is 0.352 e. The van der Waals surface area contributed by atoms with E-state index in [9.17, 15) is 18.0 Å². The minimum atomic E-state index is -1.62. The predicted molar refractivity (Wildman–Crippen MR) is 68.8 cm³/mol. The molecule has 1 saturated heterocycles. The van der Waals surface area contributed by atoms with Crippen molar-refractivity contribution in [2.45, 2.75) is 13.3 Å². The summed E-state index contributed by atoms with van der Waals surface area (Å²) < 4.78 is 39.3. The Labute approximate surface area is 115 Å². The van der Waals surface area contributed by atoms with Crippen LogP contribution < -0.4 is 10.6 Å². The van der Waals surface area contributed by atoms with E-state index in [4.69, 9.17) is 0 Å². The van der Waals surface area contributed by atoms with Gasteiger partial charge in [-0.3, -0.25) is 4.79 Å². The molecular weight excluding hydrogens is 269 g/mol. The first-order chi connectivity index (χ1) is 9.50. The van der Waals surface area contributed by atoms with E-state index in [0.717, 1.165) is 31.6 Å². The second kappa shape index (κ2) is 6.26. The minimum absolute atomic E-state index is 0.251. The molecule has 1 amide bonds. The normalized spacial score (nSPS) is 22.6. The van der Waals surface area contributed by atoms with Crippen LogP contribution in [0, 0.1) is 29.3 Å². The topological polar surface area (TPSA) is 41.1 Å². The zero-order valence-corrected chi connectivity index (χ0v) is 11.2. The molecule has 2 atom stereocenters. The van der Waals surface area contributed by atoms with E-state index in [1.165, 1.54) is 0 Å². The van der Waals surface area contributed by atoms with Crippen LogP contribution in [0.3, 0.4) is 0 Å². The van der Waals surface area contributed by atoms with E-state index in [-0.39, 0.29) is 5.92 Å². The van der Waals surface area contributed by atoms with Gasteiger partial charge in [0.2, 0.25) is 0 Å². The number of hydrogen-bond donors (Lipinski definition) is 2. The number of nitrogens with one attached hydrogen (secondary N) is 2. The first-order valence-electron chi connectivity index (χ1n) is 6.63. The molecule has 110 valence electrons. The van der Waals surface area contributed by atoms with E-state index < -0.39 is 28.9 Å². The van der Waals surface area contributed by atoms with Gasteiger partial charge in [0.25, 0.3) is 5.91 Å². The molecule has 1 aromatic rings. The van der Waals surface area contributed by atoms with Crippen molar-refractivity contribution < 1.29 is 18.0 Å². The fourth-order valence-electron chi connectivity index (χ4n) is 2.35. The maximum Gasteiger partial charge on any atom is 0.254 e. The molecule has 1 aliphatic rings. The van der Waals surface area contributed by atoms with Crippen LogP contribution in [0.15, 0.2) is 12.1 Å². The molecule has 20 heavy (non-hydrogen) atoms. The number of amides is 1. The maximum atomic E-state index is 13.5. The van der Waals surface area contributed by atoms with Crippen molar-refractivity contribution in [2.24, 2.45) is 11.8 Å². The van der Waals surface area contributed by atoms with E-state index >= 15 is 0 Å². The van der Waals surface area contributed by atoms with Crippen molar-refractivity contribution in [1.29, 1.82) is 0 Å². The molecule has 0 aromatic heterocycles. The summed E-state index contributed by atoms with van der Waals surface area (Å²) in [4.78, 5) is 11.8. The van der Waals surface area contributed by atoms with Crippen molar-refractivity contribution in [2.75, 3.05) is 19.6 Å². The molecule has 0 aliphatic carbocycles. The van der Waals surface area contributed by atoms with Crippen molar-refractivity contribution in [3.05, 3.63) is 35.1 Å². The zero-order chi connectivity index (χ0) is 14.7. The number of rotatable bonds is 3. The molecule has 0 spiro atoms. The van der Waals surface area contributed by atoms with Crippen LogP contribution in [0.1, 0.15) is 23.7 Å². The minimum Gasteiger partial charge on any atom is -0.352 e. The molecular formula is C14H17F3N2O. The summed E-state index contributed by atoms with van der Waals surface area (Å²) in [5.41, 5.74) is -0.472. The standard InChI is InChI=1S/C14H17F3N2O/c1-8-4-5-18-6-9(8)7-19-14(20)10-2-3-11(15)13(17)12(10)16/h2-3,8-9,18H,4-7H2,1H3,(H,19,20). The van der Waals surface area contributed by atoms with Crippen LogP contribution in [0.25, 0.3) is 0 Å². The summed E-state index contributed by atoms with van der Waals surface area (Å²) in [5.74, 6) is -4.39. The summed E-state index contributed by atoms with van der Waals surface area (Å²) in [6, 6.07) is 1.70. The van der Waals surface area contributed by atoms with Crippen molar-refractivity contribution >= 4 is 5.91 Å². The highest BCUT2D eigenvalue weighted by molar-refractivity contribution is 5.94. The Morgan fingerprint density at radius 2 is 2.10 bits per heavy atom. The molecule has 0 radical (unpaired) electrons.